The number of aliphatic hydroxyl groups excluding tert-OH is 1. The first-order valence-corrected chi connectivity index (χ1v) is 14.8. The second kappa shape index (κ2) is 31.5. The molecule has 1 unspecified atom stereocenters. The standard InChI is InChI=1S/C19H32O2.C14H24O.H/c1-2-3-4-5-6-7-8-9-10-11-12-14-17-20-19-16-13-15-18-21-19;1-2-3-4-5-6-7-8-9-10-11-12-13-14-15;/h2,19H,1,3-5,8-18H2;2,15H,1,3-5,8-14H2;/q;;-1. The second-order valence-electron chi connectivity index (χ2n) is 9.49. The van der Waals surface area contributed by atoms with Crippen LogP contribution in [0.4, 0.5) is 0 Å². The summed E-state index contributed by atoms with van der Waals surface area (Å²) in [4.78, 5) is 0. The summed E-state index contributed by atoms with van der Waals surface area (Å²) in [6, 6.07) is 0. The van der Waals surface area contributed by atoms with Crippen molar-refractivity contribution in [2.75, 3.05) is 19.8 Å². The number of hydrogen-bond acceptors (Lipinski definition) is 3. The molecule has 0 amide bonds. The molecule has 208 valence electrons. The van der Waals surface area contributed by atoms with Gasteiger partial charge in [-0.15, -0.1) is 36.8 Å². The number of allylic oxidation sites excluding steroid dienone is 2. The first-order valence-electron chi connectivity index (χ1n) is 14.8. The van der Waals surface area contributed by atoms with Gasteiger partial charge in [-0.2, -0.15) is 0 Å². The van der Waals surface area contributed by atoms with E-state index >= 15 is 0 Å². The van der Waals surface area contributed by atoms with Gasteiger partial charge in [0.1, 0.15) is 0 Å². The van der Waals surface area contributed by atoms with Gasteiger partial charge in [0.05, 0.1) is 0 Å². The highest BCUT2D eigenvalue weighted by molar-refractivity contribution is 4.99. The minimum atomic E-state index is 0. The van der Waals surface area contributed by atoms with Crippen molar-refractivity contribution in [3.63, 3.8) is 0 Å². The lowest BCUT2D eigenvalue weighted by molar-refractivity contribution is -0.162. The lowest BCUT2D eigenvalue weighted by Gasteiger charge is -2.22. The summed E-state index contributed by atoms with van der Waals surface area (Å²) >= 11 is 0. The van der Waals surface area contributed by atoms with Crippen LogP contribution in [0.3, 0.4) is 0 Å². The van der Waals surface area contributed by atoms with Crippen molar-refractivity contribution in [3.05, 3.63) is 25.3 Å². The molecule has 1 aliphatic heterocycles. The predicted molar refractivity (Wildman–Crippen MR) is 157 cm³/mol. The van der Waals surface area contributed by atoms with Gasteiger partial charge in [-0.25, -0.2) is 0 Å². The average Bonchev–Trinajstić information content (AvgIpc) is 2.91. The van der Waals surface area contributed by atoms with Gasteiger partial charge < -0.3 is 16.0 Å². The highest BCUT2D eigenvalue weighted by atomic mass is 16.7. The van der Waals surface area contributed by atoms with Gasteiger partial charge >= 0.3 is 0 Å². The molecule has 0 aromatic rings. The Bertz CT molecular complexity index is 590. The predicted octanol–water partition coefficient (Wildman–Crippen LogP) is 9.02. The van der Waals surface area contributed by atoms with E-state index in [1.165, 1.54) is 57.8 Å². The Morgan fingerprint density at radius 1 is 0.694 bits per heavy atom. The average molecular weight is 502 g/mol. The van der Waals surface area contributed by atoms with Crippen molar-refractivity contribution in [1.29, 1.82) is 0 Å². The molecule has 0 aromatic heterocycles. The molecule has 0 saturated carbocycles. The zero-order chi connectivity index (χ0) is 26.2. The third-order valence-electron chi connectivity index (χ3n) is 6.02. The van der Waals surface area contributed by atoms with Gasteiger partial charge in [0, 0.05) is 45.5 Å². The minimum absolute atomic E-state index is 0. The van der Waals surface area contributed by atoms with Crippen molar-refractivity contribution in [2.45, 2.75) is 141 Å². The van der Waals surface area contributed by atoms with E-state index in [9.17, 15) is 0 Å². The van der Waals surface area contributed by atoms with Crippen molar-refractivity contribution in [3.8, 4) is 23.7 Å². The Balaban J connectivity index is 0. The lowest BCUT2D eigenvalue weighted by Crippen LogP contribution is -2.22. The zero-order valence-corrected chi connectivity index (χ0v) is 23.4. The Labute approximate surface area is 226 Å². The number of ether oxygens (including phenoxy) is 2. The quantitative estimate of drug-likeness (QED) is 0.103. The van der Waals surface area contributed by atoms with Crippen molar-refractivity contribution >= 4 is 0 Å². The van der Waals surface area contributed by atoms with E-state index in [1.54, 1.807) is 0 Å². The number of rotatable bonds is 20. The maximum Gasteiger partial charge on any atom is 0.157 e. The fourth-order valence-corrected chi connectivity index (χ4v) is 3.78. The molecule has 0 aromatic carbocycles. The topological polar surface area (TPSA) is 38.7 Å². The van der Waals surface area contributed by atoms with Crippen LogP contribution >= 0.6 is 0 Å². The van der Waals surface area contributed by atoms with E-state index in [0.29, 0.717) is 6.61 Å². The molecule has 1 saturated heterocycles. The Morgan fingerprint density at radius 3 is 1.69 bits per heavy atom. The van der Waals surface area contributed by atoms with Crippen molar-refractivity contribution in [1.82, 2.24) is 0 Å². The number of unbranched alkanes of at least 4 members (excludes halogenated alkanes) is 14. The van der Waals surface area contributed by atoms with E-state index in [-0.39, 0.29) is 7.72 Å². The largest absolute Gasteiger partial charge is 1.00 e. The van der Waals surface area contributed by atoms with Gasteiger partial charge in [-0.3, -0.25) is 0 Å². The van der Waals surface area contributed by atoms with Crippen molar-refractivity contribution < 1.29 is 16.0 Å². The van der Waals surface area contributed by atoms with E-state index in [0.717, 1.165) is 90.3 Å². The van der Waals surface area contributed by atoms with E-state index in [4.69, 9.17) is 14.6 Å². The minimum Gasteiger partial charge on any atom is -1.00 e. The molecule has 0 aliphatic carbocycles. The van der Waals surface area contributed by atoms with Gasteiger partial charge in [-0.05, 0) is 70.6 Å². The Hall–Kier alpha value is -1.52. The maximum atomic E-state index is 8.58. The van der Waals surface area contributed by atoms with Crippen LogP contribution in [0.2, 0.25) is 0 Å². The first-order chi connectivity index (χ1) is 17.8. The van der Waals surface area contributed by atoms with Gasteiger partial charge in [0.15, 0.2) is 6.29 Å². The molecule has 0 spiro atoms. The highest BCUT2D eigenvalue weighted by Gasteiger charge is 2.13. The van der Waals surface area contributed by atoms with Crippen LogP contribution in [0.15, 0.2) is 25.3 Å². The summed E-state index contributed by atoms with van der Waals surface area (Å²) in [6.45, 7) is 9.46. The summed E-state index contributed by atoms with van der Waals surface area (Å²) in [5, 5.41) is 8.58. The summed E-state index contributed by atoms with van der Waals surface area (Å²) in [6.07, 6.45) is 28.1. The van der Waals surface area contributed by atoms with Crippen LogP contribution in [0.5, 0.6) is 0 Å². The molecule has 1 atom stereocenters. The molecule has 1 fully saturated rings. The van der Waals surface area contributed by atoms with Crippen LogP contribution in [-0.2, 0) is 9.47 Å². The second-order valence-corrected chi connectivity index (χ2v) is 9.49. The SMILES string of the molecule is C=CCCCC#CCCCCCCCO.C=CCCCC#CCCCCCCCOC1CCCCO1.[H-]. The molecule has 0 bridgehead atoms. The summed E-state index contributed by atoms with van der Waals surface area (Å²) in [7, 11) is 0. The van der Waals surface area contributed by atoms with E-state index in [1.807, 2.05) is 12.2 Å². The molecule has 3 heteroatoms. The third-order valence-corrected chi connectivity index (χ3v) is 6.02. The van der Waals surface area contributed by atoms with Crippen LogP contribution in [0, 0.1) is 23.7 Å². The molecule has 1 heterocycles. The highest BCUT2D eigenvalue weighted by Crippen LogP contribution is 2.14. The van der Waals surface area contributed by atoms with Crippen LogP contribution in [0.1, 0.15) is 136 Å². The molecular formula is C33H57O3-. The molecule has 1 rings (SSSR count). The van der Waals surface area contributed by atoms with E-state index < -0.39 is 0 Å². The summed E-state index contributed by atoms with van der Waals surface area (Å²) < 4.78 is 11.3. The molecule has 1 aliphatic rings. The lowest BCUT2D eigenvalue weighted by atomic mass is 10.1. The van der Waals surface area contributed by atoms with Gasteiger partial charge in [0.2, 0.25) is 0 Å². The van der Waals surface area contributed by atoms with Gasteiger partial charge in [-0.1, -0.05) is 50.7 Å². The van der Waals surface area contributed by atoms with Gasteiger partial charge in [0.25, 0.3) is 0 Å². The molecule has 1 N–H and O–H groups in total. The van der Waals surface area contributed by atoms with Crippen molar-refractivity contribution in [2.24, 2.45) is 0 Å². The Morgan fingerprint density at radius 2 is 1.19 bits per heavy atom. The summed E-state index contributed by atoms with van der Waals surface area (Å²) in [5.41, 5.74) is 0. The van der Waals surface area contributed by atoms with Crippen LogP contribution in [0.25, 0.3) is 0 Å². The molecule has 0 radical (unpaired) electrons. The van der Waals surface area contributed by atoms with Crippen LogP contribution in [-0.4, -0.2) is 31.2 Å². The molecule has 3 nitrogen and oxygen atoms in total. The normalized spacial score (nSPS) is 14.4. The number of aliphatic hydroxyl groups is 1. The fraction of sp³-hybridized carbons (Fsp3) is 0.758. The molecular weight excluding hydrogens is 444 g/mol. The number of hydrogen-bond donors (Lipinski definition) is 1. The smallest absolute Gasteiger partial charge is 0.157 e. The Kier molecular flexibility index (Phi) is 30.2. The maximum absolute atomic E-state index is 8.58. The third kappa shape index (κ3) is 28.7. The molecule has 36 heavy (non-hydrogen) atoms. The van der Waals surface area contributed by atoms with Crippen LogP contribution < -0.4 is 0 Å². The van der Waals surface area contributed by atoms with E-state index in [2.05, 4.69) is 36.8 Å². The zero-order valence-electron chi connectivity index (χ0n) is 24.4. The first kappa shape index (κ1) is 34.5. The monoisotopic (exact) mass is 501 g/mol. The summed E-state index contributed by atoms with van der Waals surface area (Å²) in [5.74, 6) is 12.9. The fourth-order valence-electron chi connectivity index (χ4n) is 3.78.